The minimum atomic E-state index is -0.948. The normalized spacial score (nSPS) is 18.7. The van der Waals surface area contributed by atoms with Crippen molar-refractivity contribution in [2.24, 2.45) is 5.92 Å². The predicted octanol–water partition coefficient (Wildman–Crippen LogP) is 5.65. The molecule has 1 aromatic carbocycles. The van der Waals surface area contributed by atoms with Gasteiger partial charge in [0.1, 0.15) is 28.9 Å². The number of aromatic hydroxyl groups is 1. The molecule has 6 heteroatoms. The van der Waals surface area contributed by atoms with Gasteiger partial charge in [-0.15, -0.1) is 0 Å². The maximum atomic E-state index is 13.2. The van der Waals surface area contributed by atoms with Crippen LogP contribution in [-0.2, 0) is 11.2 Å². The third kappa shape index (κ3) is 5.41. The number of rotatable bonds is 10. The third-order valence-electron chi connectivity index (χ3n) is 6.08. The van der Waals surface area contributed by atoms with Crippen LogP contribution in [0.1, 0.15) is 94.1 Å². The van der Waals surface area contributed by atoms with Gasteiger partial charge in [0.25, 0.3) is 0 Å². The average Bonchev–Trinajstić information content (AvgIpc) is 2.69. The second-order valence-electron chi connectivity index (χ2n) is 8.73. The number of carbonyl (C=O) groups excluding carboxylic acids is 1. The quantitative estimate of drug-likeness (QED) is 0.367. The largest absolute Gasteiger partial charge is 0.507 e. The predicted molar refractivity (Wildman–Crippen MR) is 121 cm³/mol. The summed E-state index contributed by atoms with van der Waals surface area (Å²) in [5.41, 5.74) is 2.35. The summed E-state index contributed by atoms with van der Waals surface area (Å²) in [6, 6.07) is 0. The summed E-state index contributed by atoms with van der Waals surface area (Å²) >= 11 is 0. The van der Waals surface area contributed by atoms with Crippen molar-refractivity contribution in [1.82, 2.24) is 0 Å². The zero-order chi connectivity index (χ0) is 23.3. The fourth-order valence-electron chi connectivity index (χ4n) is 4.16. The molecule has 0 fully saturated rings. The number of carboxylic acids is 1. The number of ether oxygens (including phenoxy) is 2. The number of methoxy groups -OCH3 is 1. The summed E-state index contributed by atoms with van der Waals surface area (Å²) in [5, 5.41) is 20.8. The summed E-state index contributed by atoms with van der Waals surface area (Å²) in [7, 11) is 1.51. The first-order chi connectivity index (χ1) is 14.6. The van der Waals surface area contributed by atoms with Crippen molar-refractivity contribution in [2.75, 3.05) is 7.11 Å². The number of benzene rings is 1. The van der Waals surface area contributed by atoms with Crippen molar-refractivity contribution in [3.05, 3.63) is 28.3 Å². The minimum Gasteiger partial charge on any atom is -0.507 e. The Balaban J connectivity index is 2.79. The van der Waals surface area contributed by atoms with Gasteiger partial charge < -0.3 is 19.7 Å². The molecule has 1 heterocycles. The van der Waals surface area contributed by atoms with E-state index >= 15 is 0 Å². The van der Waals surface area contributed by atoms with Crippen molar-refractivity contribution in [2.45, 2.75) is 85.2 Å². The van der Waals surface area contributed by atoms with Gasteiger partial charge in [0.05, 0.1) is 19.4 Å². The van der Waals surface area contributed by atoms with Gasteiger partial charge in [-0.25, -0.2) is 0 Å². The molecule has 1 aliphatic heterocycles. The third-order valence-corrected chi connectivity index (χ3v) is 6.08. The number of aliphatic carboxylic acids is 1. The number of Topliss-reactive ketones (excluding diaryl/α,β-unsaturated/α-hetero) is 1. The van der Waals surface area contributed by atoms with Crippen molar-refractivity contribution < 1.29 is 29.3 Å². The van der Waals surface area contributed by atoms with E-state index in [4.69, 9.17) is 9.47 Å². The highest BCUT2D eigenvalue weighted by Gasteiger charge is 2.39. The Hall–Kier alpha value is -2.50. The van der Waals surface area contributed by atoms with Crippen LogP contribution < -0.4 is 9.47 Å². The summed E-state index contributed by atoms with van der Waals surface area (Å²) in [5.74, 6) is -1.42. The van der Waals surface area contributed by atoms with Crippen LogP contribution in [-0.4, -0.2) is 35.2 Å². The van der Waals surface area contributed by atoms with Crippen molar-refractivity contribution in [3.63, 3.8) is 0 Å². The molecular weight excluding hydrogens is 396 g/mol. The topological polar surface area (TPSA) is 93.1 Å². The number of unbranched alkanes of at least 4 members (excludes halogenated alkanes) is 2. The Morgan fingerprint density at radius 2 is 1.94 bits per heavy atom. The lowest BCUT2D eigenvalue weighted by Gasteiger charge is -2.33. The molecule has 0 spiro atoms. The molecule has 2 rings (SSSR count). The summed E-state index contributed by atoms with van der Waals surface area (Å²) in [6.07, 6.45) is 5.38. The Kier molecular flexibility index (Phi) is 8.54. The van der Waals surface area contributed by atoms with Gasteiger partial charge >= 0.3 is 5.97 Å². The lowest BCUT2D eigenvalue weighted by atomic mass is 9.81. The van der Waals surface area contributed by atoms with E-state index in [0.717, 1.165) is 24.8 Å². The summed E-state index contributed by atoms with van der Waals surface area (Å²) in [6.45, 7) is 9.67. The first kappa shape index (κ1) is 24.8. The number of ketones is 1. The molecule has 0 aromatic heterocycles. The molecule has 2 N–H and O–H groups in total. The summed E-state index contributed by atoms with van der Waals surface area (Å²) in [4.78, 5) is 24.8. The Bertz CT molecular complexity index is 850. The molecule has 0 bridgehead atoms. The lowest BCUT2D eigenvalue weighted by Crippen LogP contribution is -2.34. The standard InChI is InChI=1S/C25H36O6/c1-7-8-9-10-17(13-19(26)27)20-23(29)21-22(28)15(4)16(5)31-25(21)18(24(20)30-6)12-11-14(2)3/h11,15-17,29H,7-10,12-13H2,1-6H3,(H,26,27). The molecule has 0 saturated heterocycles. The Morgan fingerprint density at radius 1 is 1.26 bits per heavy atom. The van der Waals surface area contributed by atoms with Crippen LogP contribution in [0.15, 0.2) is 11.6 Å². The fourth-order valence-corrected chi connectivity index (χ4v) is 4.16. The van der Waals surface area contributed by atoms with Gasteiger partial charge in [-0.3, -0.25) is 9.59 Å². The van der Waals surface area contributed by atoms with E-state index in [0.29, 0.717) is 35.5 Å². The van der Waals surface area contributed by atoms with Crippen LogP contribution in [0.5, 0.6) is 17.2 Å². The monoisotopic (exact) mass is 432 g/mol. The van der Waals surface area contributed by atoms with Crippen LogP contribution >= 0.6 is 0 Å². The number of carbonyl (C=O) groups is 2. The molecule has 0 radical (unpaired) electrons. The van der Waals surface area contributed by atoms with Gasteiger partial charge in [0.15, 0.2) is 5.78 Å². The van der Waals surface area contributed by atoms with Crippen LogP contribution in [0, 0.1) is 5.92 Å². The first-order valence-corrected chi connectivity index (χ1v) is 11.2. The van der Waals surface area contributed by atoms with Crippen molar-refractivity contribution in [3.8, 4) is 17.2 Å². The second-order valence-corrected chi connectivity index (χ2v) is 8.73. The lowest BCUT2D eigenvalue weighted by molar-refractivity contribution is -0.137. The SMILES string of the molecule is CCCCCC(CC(=O)O)c1c(O)c2c(c(CC=C(C)C)c1OC)OC(C)C(C)C2=O. The van der Waals surface area contributed by atoms with E-state index in [1.54, 1.807) is 6.92 Å². The van der Waals surface area contributed by atoms with Crippen LogP contribution in [0.4, 0.5) is 0 Å². The Labute approximate surface area is 185 Å². The molecule has 0 saturated carbocycles. The maximum Gasteiger partial charge on any atom is 0.303 e. The minimum absolute atomic E-state index is 0.143. The van der Waals surface area contributed by atoms with E-state index in [-0.39, 0.29) is 29.6 Å². The van der Waals surface area contributed by atoms with E-state index in [1.165, 1.54) is 7.11 Å². The molecular formula is C25H36O6. The van der Waals surface area contributed by atoms with E-state index in [2.05, 4.69) is 6.92 Å². The first-order valence-electron chi connectivity index (χ1n) is 11.2. The molecule has 3 atom stereocenters. The molecule has 31 heavy (non-hydrogen) atoms. The molecule has 1 aromatic rings. The van der Waals surface area contributed by atoms with Gasteiger partial charge in [-0.1, -0.05) is 44.8 Å². The highest BCUT2D eigenvalue weighted by Crippen LogP contribution is 2.51. The van der Waals surface area contributed by atoms with Gasteiger partial charge in [-0.2, -0.15) is 0 Å². The number of fused-ring (bicyclic) bond motifs is 1. The van der Waals surface area contributed by atoms with Crippen LogP contribution in [0.2, 0.25) is 0 Å². The number of hydrogen-bond donors (Lipinski definition) is 2. The highest BCUT2D eigenvalue weighted by atomic mass is 16.5. The van der Waals surface area contributed by atoms with Crippen LogP contribution in [0.25, 0.3) is 0 Å². The molecule has 0 amide bonds. The van der Waals surface area contributed by atoms with Gasteiger partial charge in [0.2, 0.25) is 0 Å². The maximum absolute atomic E-state index is 13.2. The van der Waals surface area contributed by atoms with Gasteiger partial charge in [0, 0.05) is 17.0 Å². The molecule has 1 aliphatic rings. The number of phenolic OH excluding ortho intramolecular Hbond substituents is 1. The van der Waals surface area contributed by atoms with Crippen LogP contribution in [0.3, 0.4) is 0 Å². The molecule has 3 unspecified atom stereocenters. The fraction of sp³-hybridized carbons (Fsp3) is 0.600. The number of phenols is 1. The molecule has 0 aliphatic carbocycles. The zero-order valence-corrected chi connectivity index (χ0v) is 19.6. The smallest absolute Gasteiger partial charge is 0.303 e. The van der Waals surface area contributed by atoms with Crippen molar-refractivity contribution in [1.29, 1.82) is 0 Å². The highest BCUT2D eigenvalue weighted by molar-refractivity contribution is 6.05. The average molecular weight is 433 g/mol. The van der Waals surface area contributed by atoms with E-state index in [9.17, 15) is 19.8 Å². The second kappa shape index (κ2) is 10.7. The van der Waals surface area contributed by atoms with E-state index < -0.39 is 17.8 Å². The summed E-state index contributed by atoms with van der Waals surface area (Å²) < 4.78 is 11.9. The number of hydrogen-bond acceptors (Lipinski definition) is 5. The number of carboxylic acid groups (broad SMARTS) is 1. The van der Waals surface area contributed by atoms with Gasteiger partial charge in [-0.05, 0) is 33.6 Å². The van der Waals surface area contributed by atoms with Crippen molar-refractivity contribution >= 4 is 11.8 Å². The Morgan fingerprint density at radius 3 is 2.48 bits per heavy atom. The van der Waals surface area contributed by atoms with E-state index in [1.807, 2.05) is 26.8 Å². The number of allylic oxidation sites excluding steroid dienone is 2. The molecule has 6 nitrogen and oxygen atoms in total. The zero-order valence-electron chi connectivity index (χ0n) is 19.6. The molecule has 172 valence electrons.